The molecule has 0 aromatic heterocycles. The smallest absolute Gasteiger partial charge is 0.248 e. The van der Waals surface area contributed by atoms with Crippen molar-refractivity contribution < 1.29 is 26.0 Å². The Morgan fingerprint density at radius 1 is 1.16 bits per heavy atom. The Hall–Kier alpha value is -1.19. The lowest BCUT2D eigenvalue weighted by molar-refractivity contribution is 0.404. The molecule has 1 N–H and O–H groups in total. The molecule has 0 aliphatic rings. The van der Waals surface area contributed by atoms with Crippen molar-refractivity contribution in [2.75, 3.05) is 27.2 Å². The minimum absolute atomic E-state index is 0.0444. The van der Waals surface area contributed by atoms with E-state index in [0.717, 1.165) is 7.05 Å². The lowest BCUT2D eigenvalue weighted by Gasteiger charge is -2.18. The summed E-state index contributed by atoms with van der Waals surface area (Å²) >= 11 is 0. The fourth-order valence-corrected chi connectivity index (χ4v) is 2.61. The normalized spacial score (nSPS) is 12.2. The van der Waals surface area contributed by atoms with Gasteiger partial charge in [-0.25, -0.2) is 26.0 Å². The highest BCUT2D eigenvalue weighted by Gasteiger charge is 2.32. The third-order valence-corrected chi connectivity index (χ3v) is 4.29. The van der Waals surface area contributed by atoms with Crippen molar-refractivity contribution >= 4 is 10.0 Å². The van der Waals surface area contributed by atoms with Gasteiger partial charge in [-0.3, -0.25) is 0 Å². The van der Waals surface area contributed by atoms with Crippen LogP contribution < -0.4 is 5.32 Å². The first-order chi connectivity index (χ1) is 8.73. The lowest BCUT2D eigenvalue weighted by Crippen LogP contribution is -2.34. The van der Waals surface area contributed by atoms with Gasteiger partial charge in [0.15, 0.2) is 28.2 Å². The van der Waals surface area contributed by atoms with Crippen molar-refractivity contribution in [2.24, 2.45) is 0 Å². The van der Waals surface area contributed by atoms with Crippen LogP contribution in [-0.2, 0) is 10.0 Å². The maximum Gasteiger partial charge on any atom is 0.248 e. The Kier molecular flexibility index (Phi) is 4.88. The number of likely N-dealkylation sites (N-methyl/N-ethyl adjacent to an activating group) is 2. The number of benzene rings is 1. The van der Waals surface area contributed by atoms with E-state index in [1.807, 2.05) is 0 Å². The van der Waals surface area contributed by atoms with Crippen molar-refractivity contribution in [3.63, 3.8) is 0 Å². The van der Waals surface area contributed by atoms with Gasteiger partial charge >= 0.3 is 0 Å². The lowest BCUT2D eigenvalue weighted by atomic mass is 10.3. The molecular formula is C10H12F4N2O2S. The zero-order chi connectivity index (χ0) is 14.8. The van der Waals surface area contributed by atoms with E-state index in [1.165, 1.54) is 0 Å². The molecule has 0 aliphatic carbocycles. The van der Waals surface area contributed by atoms with Crippen molar-refractivity contribution in [1.82, 2.24) is 9.62 Å². The van der Waals surface area contributed by atoms with Crippen LogP contribution in [0.1, 0.15) is 0 Å². The van der Waals surface area contributed by atoms with E-state index < -0.39 is 38.2 Å². The van der Waals surface area contributed by atoms with Crippen molar-refractivity contribution in [1.29, 1.82) is 0 Å². The van der Waals surface area contributed by atoms with Gasteiger partial charge in [0, 0.05) is 26.2 Å². The van der Waals surface area contributed by atoms with E-state index >= 15 is 0 Å². The van der Waals surface area contributed by atoms with Crippen LogP contribution >= 0.6 is 0 Å². The minimum atomic E-state index is -4.65. The van der Waals surface area contributed by atoms with Crippen LogP contribution in [0.5, 0.6) is 0 Å². The molecule has 1 aromatic carbocycles. The molecule has 0 saturated heterocycles. The van der Waals surface area contributed by atoms with E-state index in [-0.39, 0.29) is 19.2 Å². The fourth-order valence-electron chi connectivity index (χ4n) is 1.32. The summed E-state index contributed by atoms with van der Waals surface area (Å²) < 4.78 is 77.2. The van der Waals surface area contributed by atoms with Crippen LogP contribution in [0.25, 0.3) is 0 Å². The predicted molar refractivity (Wildman–Crippen MR) is 60.0 cm³/mol. The molecule has 0 saturated carbocycles. The van der Waals surface area contributed by atoms with Crippen LogP contribution in [-0.4, -0.2) is 39.9 Å². The molecule has 0 unspecified atom stereocenters. The Morgan fingerprint density at radius 2 is 1.63 bits per heavy atom. The molecule has 1 rings (SSSR count). The second kappa shape index (κ2) is 5.85. The van der Waals surface area contributed by atoms with Gasteiger partial charge in [-0.2, -0.15) is 4.31 Å². The predicted octanol–water partition coefficient (Wildman–Crippen LogP) is 1.08. The molecule has 108 valence electrons. The molecule has 0 bridgehead atoms. The monoisotopic (exact) mass is 300 g/mol. The highest BCUT2D eigenvalue weighted by molar-refractivity contribution is 7.89. The number of hydrogen-bond acceptors (Lipinski definition) is 3. The highest BCUT2D eigenvalue weighted by atomic mass is 32.2. The van der Waals surface area contributed by atoms with E-state index in [1.54, 1.807) is 7.05 Å². The molecule has 0 aliphatic heterocycles. The summed E-state index contributed by atoms with van der Waals surface area (Å²) in [4.78, 5) is -1.62. The van der Waals surface area contributed by atoms with Crippen molar-refractivity contribution in [3.8, 4) is 0 Å². The number of nitrogens with zero attached hydrogens (tertiary/aromatic N) is 1. The Balaban J connectivity index is 3.37. The van der Waals surface area contributed by atoms with Crippen molar-refractivity contribution in [3.05, 3.63) is 29.3 Å². The third-order valence-electron chi connectivity index (χ3n) is 2.42. The number of halogens is 4. The third kappa shape index (κ3) is 3.04. The average molecular weight is 300 g/mol. The summed E-state index contributed by atoms with van der Waals surface area (Å²) in [5, 5.41) is 2.63. The van der Waals surface area contributed by atoms with E-state index in [4.69, 9.17) is 0 Å². The molecular weight excluding hydrogens is 288 g/mol. The second-order valence-corrected chi connectivity index (χ2v) is 5.71. The molecule has 0 amide bonds. The molecule has 0 radical (unpaired) electrons. The van der Waals surface area contributed by atoms with E-state index in [2.05, 4.69) is 5.32 Å². The first-order valence-electron chi connectivity index (χ1n) is 5.17. The molecule has 4 nitrogen and oxygen atoms in total. The van der Waals surface area contributed by atoms with Gasteiger partial charge in [0.2, 0.25) is 10.0 Å². The van der Waals surface area contributed by atoms with Crippen LogP contribution in [0.3, 0.4) is 0 Å². The molecule has 0 atom stereocenters. The zero-order valence-electron chi connectivity index (χ0n) is 10.2. The second-order valence-electron chi connectivity index (χ2n) is 3.73. The standard InChI is InChI=1S/C10H12F4N2O2S/c1-15-3-4-16(2)19(17,18)10-8(13)6(11)5-7(12)9(10)14/h5,15H,3-4H2,1-2H3. The molecule has 0 fully saturated rings. The highest BCUT2D eigenvalue weighted by Crippen LogP contribution is 2.25. The number of rotatable bonds is 5. The van der Waals surface area contributed by atoms with Gasteiger partial charge in [0.1, 0.15) is 0 Å². The summed E-state index contributed by atoms with van der Waals surface area (Å²) in [5.74, 6) is -7.40. The fraction of sp³-hybridized carbons (Fsp3) is 0.400. The average Bonchev–Trinajstić information content (AvgIpc) is 2.33. The first kappa shape index (κ1) is 15.9. The zero-order valence-corrected chi connectivity index (χ0v) is 11.0. The van der Waals surface area contributed by atoms with Crippen LogP contribution in [0, 0.1) is 23.3 Å². The number of sulfonamides is 1. The quantitative estimate of drug-likeness (QED) is 0.654. The van der Waals surface area contributed by atoms with Crippen LogP contribution in [0.15, 0.2) is 11.0 Å². The Bertz CT molecular complexity index is 551. The molecule has 9 heteroatoms. The molecule has 1 aromatic rings. The summed E-state index contributed by atoms with van der Waals surface area (Å²) in [6.07, 6.45) is 0. The summed E-state index contributed by atoms with van der Waals surface area (Å²) in [5.41, 5.74) is 0. The van der Waals surface area contributed by atoms with Gasteiger partial charge in [0.25, 0.3) is 0 Å². The topological polar surface area (TPSA) is 49.4 Å². The minimum Gasteiger partial charge on any atom is -0.318 e. The number of nitrogens with one attached hydrogen (secondary N) is 1. The Labute approximate surface area is 108 Å². The van der Waals surface area contributed by atoms with E-state index in [9.17, 15) is 26.0 Å². The number of hydrogen-bond donors (Lipinski definition) is 1. The van der Waals surface area contributed by atoms with E-state index in [0.29, 0.717) is 4.31 Å². The maximum atomic E-state index is 13.4. The van der Waals surface area contributed by atoms with Gasteiger partial charge in [-0.15, -0.1) is 0 Å². The molecule has 0 heterocycles. The summed E-state index contributed by atoms with van der Waals surface area (Å²) in [7, 11) is -2.06. The van der Waals surface area contributed by atoms with Crippen molar-refractivity contribution in [2.45, 2.75) is 4.90 Å². The van der Waals surface area contributed by atoms with Gasteiger partial charge in [-0.05, 0) is 7.05 Å². The summed E-state index contributed by atoms with van der Waals surface area (Å²) in [6, 6.07) is -0.0444. The molecule has 0 spiro atoms. The Morgan fingerprint density at radius 3 is 2.05 bits per heavy atom. The van der Waals surface area contributed by atoms with Crippen LogP contribution in [0.4, 0.5) is 17.6 Å². The van der Waals surface area contributed by atoms with Gasteiger partial charge in [0.05, 0.1) is 0 Å². The van der Waals surface area contributed by atoms with Gasteiger partial charge in [-0.1, -0.05) is 0 Å². The SMILES string of the molecule is CNCCN(C)S(=O)(=O)c1c(F)c(F)cc(F)c1F. The first-order valence-corrected chi connectivity index (χ1v) is 6.61. The molecule has 19 heavy (non-hydrogen) atoms. The largest absolute Gasteiger partial charge is 0.318 e. The van der Waals surface area contributed by atoms with Crippen LogP contribution in [0.2, 0.25) is 0 Å². The summed E-state index contributed by atoms with van der Waals surface area (Å²) in [6.45, 7) is 0.0899. The van der Waals surface area contributed by atoms with Gasteiger partial charge < -0.3 is 5.32 Å². The maximum absolute atomic E-state index is 13.4.